The van der Waals surface area contributed by atoms with Crippen LogP contribution in [-0.2, 0) is 4.74 Å². The highest BCUT2D eigenvalue weighted by molar-refractivity contribution is 6.31. The number of rotatable bonds is 5. The molecule has 114 valence electrons. The van der Waals surface area contributed by atoms with Crippen molar-refractivity contribution in [3.05, 3.63) is 28.8 Å². The number of anilines is 1. The maximum atomic E-state index is 11.8. The molecule has 21 heavy (non-hydrogen) atoms. The predicted molar refractivity (Wildman–Crippen MR) is 79.0 cm³/mol. The van der Waals surface area contributed by atoms with Gasteiger partial charge in [-0.1, -0.05) is 11.6 Å². The first kappa shape index (κ1) is 15.6. The second-order valence-electron chi connectivity index (χ2n) is 4.88. The molecule has 2 rings (SSSR count). The number of carboxylic acid groups (broad SMARTS) is 1. The van der Waals surface area contributed by atoms with Gasteiger partial charge in [-0.05, 0) is 38.0 Å². The van der Waals surface area contributed by atoms with Crippen LogP contribution in [0.25, 0.3) is 0 Å². The highest BCUT2D eigenvalue weighted by Crippen LogP contribution is 2.23. The smallest absolute Gasteiger partial charge is 0.335 e. The maximum Gasteiger partial charge on any atom is 0.335 e. The van der Waals surface area contributed by atoms with Crippen molar-refractivity contribution in [3.63, 3.8) is 0 Å². The van der Waals surface area contributed by atoms with Crippen LogP contribution in [-0.4, -0.2) is 35.9 Å². The van der Waals surface area contributed by atoms with Gasteiger partial charge >= 0.3 is 12.0 Å². The van der Waals surface area contributed by atoms with E-state index in [2.05, 4.69) is 10.6 Å². The van der Waals surface area contributed by atoms with Crippen LogP contribution in [0.2, 0.25) is 5.02 Å². The topological polar surface area (TPSA) is 87.7 Å². The fourth-order valence-electron chi connectivity index (χ4n) is 2.19. The van der Waals surface area contributed by atoms with Gasteiger partial charge in [0.25, 0.3) is 0 Å². The van der Waals surface area contributed by atoms with E-state index in [9.17, 15) is 9.59 Å². The zero-order valence-corrected chi connectivity index (χ0v) is 12.3. The molecule has 0 unspecified atom stereocenters. The zero-order chi connectivity index (χ0) is 15.4. The Morgan fingerprint density at radius 3 is 2.71 bits per heavy atom. The fraction of sp³-hybridized carbons (Fsp3) is 0.429. The number of hydrogen-bond donors (Lipinski definition) is 3. The average Bonchev–Trinajstić information content (AvgIpc) is 2.35. The van der Waals surface area contributed by atoms with Crippen molar-refractivity contribution < 1.29 is 19.4 Å². The van der Waals surface area contributed by atoms with E-state index in [0.717, 1.165) is 12.8 Å². The Labute approximate surface area is 127 Å². The number of carbonyl (C=O) groups excluding carboxylic acids is 1. The van der Waals surface area contributed by atoms with Gasteiger partial charge in [0.15, 0.2) is 0 Å². The monoisotopic (exact) mass is 312 g/mol. The molecule has 1 aliphatic carbocycles. The average molecular weight is 313 g/mol. The summed E-state index contributed by atoms with van der Waals surface area (Å²) in [5.74, 6) is -1.10. The van der Waals surface area contributed by atoms with Crippen molar-refractivity contribution in [1.82, 2.24) is 5.32 Å². The quantitative estimate of drug-likeness (QED) is 0.780. The van der Waals surface area contributed by atoms with Gasteiger partial charge in [0.05, 0.1) is 11.7 Å². The van der Waals surface area contributed by atoms with Gasteiger partial charge in [-0.25, -0.2) is 9.59 Å². The van der Waals surface area contributed by atoms with Crippen molar-refractivity contribution in [2.24, 2.45) is 0 Å². The van der Waals surface area contributed by atoms with Gasteiger partial charge < -0.3 is 20.5 Å². The van der Waals surface area contributed by atoms with E-state index < -0.39 is 5.97 Å². The number of hydrogen-bond acceptors (Lipinski definition) is 3. The van der Waals surface area contributed by atoms with Gasteiger partial charge in [-0.3, -0.25) is 0 Å². The summed E-state index contributed by atoms with van der Waals surface area (Å²) in [6.07, 6.45) is 1.79. The van der Waals surface area contributed by atoms with E-state index in [1.54, 1.807) is 0 Å². The van der Waals surface area contributed by atoms with Crippen LogP contribution in [0.3, 0.4) is 0 Å². The molecule has 1 fully saturated rings. The number of carbonyl (C=O) groups is 2. The van der Waals surface area contributed by atoms with Crippen molar-refractivity contribution >= 4 is 29.3 Å². The summed E-state index contributed by atoms with van der Waals surface area (Å²) in [5, 5.41) is 14.6. The molecular formula is C14H17ClN2O4. The minimum Gasteiger partial charge on any atom is -0.478 e. The summed E-state index contributed by atoms with van der Waals surface area (Å²) in [7, 11) is 0. The minimum atomic E-state index is -1.10. The van der Waals surface area contributed by atoms with Gasteiger partial charge in [-0.2, -0.15) is 0 Å². The Kier molecular flexibility index (Phi) is 5.03. The minimum absolute atomic E-state index is 0.0258. The van der Waals surface area contributed by atoms with Crippen LogP contribution in [0.15, 0.2) is 18.2 Å². The van der Waals surface area contributed by atoms with Crippen molar-refractivity contribution in [2.75, 3.05) is 11.9 Å². The molecule has 1 aromatic rings. The number of benzene rings is 1. The van der Waals surface area contributed by atoms with E-state index >= 15 is 0 Å². The highest BCUT2D eigenvalue weighted by Gasteiger charge is 2.30. The normalized spacial score (nSPS) is 20.5. The first-order valence-corrected chi connectivity index (χ1v) is 7.08. The van der Waals surface area contributed by atoms with E-state index in [1.807, 2.05) is 6.92 Å². The lowest BCUT2D eigenvalue weighted by atomic mass is 9.89. The van der Waals surface area contributed by atoms with Crippen molar-refractivity contribution in [3.8, 4) is 0 Å². The number of nitrogens with one attached hydrogen (secondary N) is 2. The number of ether oxygens (including phenoxy) is 1. The van der Waals surface area contributed by atoms with Crippen LogP contribution < -0.4 is 10.6 Å². The van der Waals surface area contributed by atoms with Crippen molar-refractivity contribution in [2.45, 2.75) is 31.9 Å². The summed E-state index contributed by atoms with van der Waals surface area (Å²) >= 11 is 5.82. The van der Waals surface area contributed by atoms with E-state index in [1.165, 1.54) is 18.2 Å². The molecule has 0 aromatic heterocycles. The van der Waals surface area contributed by atoms with Gasteiger partial charge in [0.2, 0.25) is 0 Å². The molecule has 0 saturated heterocycles. The van der Waals surface area contributed by atoms with Gasteiger partial charge in [0, 0.05) is 23.4 Å². The molecule has 0 spiro atoms. The molecule has 0 bridgehead atoms. The van der Waals surface area contributed by atoms with Crippen LogP contribution in [0.1, 0.15) is 30.1 Å². The van der Waals surface area contributed by atoms with Gasteiger partial charge in [-0.15, -0.1) is 0 Å². The molecule has 6 nitrogen and oxygen atoms in total. The second-order valence-corrected chi connectivity index (χ2v) is 5.31. The van der Waals surface area contributed by atoms with Crippen LogP contribution >= 0.6 is 11.6 Å². The Bertz CT molecular complexity index is 544. The lowest BCUT2D eigenvalue weighted by Crippen LogP contribution is -2.49. The standard InChI is InChI=1S/C14H17ClN2O4/c1-2-21-12-6-11(7-12)17-14(20)16-10-4-8(13(18)19)3-9(15)5-10/h3-5,11-12H,2,6-7H2,1H3,(H,18,19)(H2,16,17,20). The molecule has 1 saturated carbocycles. The van der Waals surface area contributed by atoms with Crippen LogP contribution in [0.4, 0.5) is 10.5 Å². The Hall–Kier alpha value is -1.79. The predicted octanol–water partition coefficient (Wildman–Crippen LogP) is 2.73. The summed E-state index contributed by atoms with van der Waals surface area (Å²) in [4.78, 5) is 22.7. The molecule has 0 radical (unpaired) electrons. The Balaban J connectivity index is 1.87. The number of amides is 2. The third kappa shape index (κ3) is 4.34. The summed E-state index contributed by atoms with van der Waals surface area (Å²) in [6, 6.07) is 3.88. The molecular weight excluding hydrogens is 296 g/mol. The third-order valence-electron chi connectivity index (χ3n) is 3.24. The molecule has 0 aliphatic heterocycles. The van der Waals surface area contributed by atoms with E-state index in [0.29, 0.717) is 12.3 Å². The maximum absolute atomic E-state index is 11.8. The number of halogens is 1. The highest BCUT2D eigenvalue weighted by atomic mass is 35.5. The molecule has 1 aliphatic rings. The zero-order valence-electron chi connectivity index (χ0n) is 11.6. The van der Waals surface area contributed by atoms with E-state index in [4.69, 9.17) is 21.4 Å². The molecule has 7 heteroatoms. The molecule has 2 amide bonds. The molecule has 3 N–H and O–H groups in total. The van der Waals surface area contributed by atoms with Crippen LogP contribution in [0, 0.1) is 0 Å². The summed E-state index contributed by atoms with van der Waals surface area (Å²) in [5.41, 5.74) is 0.371. The summed E-state index contributed by atoms with van der Waals surface area (Å²) < 4.78 is 5.41. The Morgan fingerprint density at radius 1 is 1.38 bits per heavy atom. The molecule has 0 heterocycles. The second kappa shape index (κ2) is 6.78. The Morgan fingerprint density at radius 2 is 2.10 bits per heavy atom. The first-order chi connectivity index (χ1) is 9.97. The van der Waals surface area contributed by atoms with E-state index in [-0.39, 0.29) is 28.8 Å². The molecule has 0 atom stereocenters. The number of carboxylic acids is 1. The summed E-state index contributed by atoms with van der Waals surface area (Å²) in [6.45, 7) is 2.61. The molecule has 1 aromatic carbocycles. The SMILES string of the molecule is CCOC1CC(NC(=O)Nc2cc(Cl)cc(C(=O)O)c2)C1. The fourth-order valence-corrected chi connectivity index (χ4v) is 2.43. The number of aromatic carboxylic acids is 1. The third-order valence-corrected chi connectivity index (χ3v) is 3.45. The van der Waals surface area contributed by atoms with Crippen molar-refractivity contribution in [1.29, 1.82) is 0 Å². The lowest BCUT2D eigenvalue weighted by Gasteiger charge is -2.35. The van der Waals surface area contributed by atoms with Crippen LogP contribution in [0.5, 0.6) is 0 Å². The lowest BCUT2D eigenvalue weighted by molar-refractivity contribution is -0.00673. The number of urea groups is 1. The van der Waals surface area contributed by atoms with Gasteiger partial charge in [0.1, 0.15) is 0 Å². The first-order valence-electron chi connectivity index (χ1n) is 6.71. The largest absolute Gasteiger partial charge is 0.478 e.